The summed E-state index contributed by atoms with van der Waals surface area (Å²) in [4.78, 5) is 23.0. The first-order valence-corrected chi connectivity index (χ1v) is 6.08. The van der Waals surface area contributed by atoms with Crippen molar-refractivity contribution in [2.75, 3.05) is 11.9 Å². The molecule has 0 aliphatic carbocycles. The Labute approximate surface area is 112 Å². The van der Waals surface area contributed by atoms with Gasteiger partial charge in [0.2, 0.25) is 11.8 Å². The molecule has 1 aromatic carbocycles. The molecule has 0 saturated carbocycles. The first kappa shape index (κ1) is 14.7. The number of carbonyl (C=O) groups excluding carboxylic acids is 2. The fraction of sp³-hybridized carbons (Fsp3) is 0.357. The summed E-state index contributed by atoms with van der Waals surface area (Å²) in [7, 11) is 0. The Morgan fingerprint density at radius 2 is 1.84 bits per heavy atom. The highest BCUT2D eigenvalue weighted by atomic mass is 16.2. The number of anilines is 1. The van der Waals surface area contributed by atoms with E-state index in [0.717, 1.165) is 0 Å². The molecule has 19 heavy (non-hydrogen) atoms. The maximum Gasteiger partial charge on any atom is 0.233 e. The Balaban J connectivity index is 2.42. The maximum absolute atomic E-state index is 11.6. The van der Waals surface area contributed by atoms with Gasteiger partial charge in [-0.05, 0) is 30.2 Å². The van der Waals surface area contributed by atoms with Crippen molar-refractivity contribution in [3.8, 4) is 6.07 Å². The quantitative estimate of drug-likeness (QED) is 0.789. The molecule has 0 radical (unpaired) electrons. The number of nitriles is 1. The molecule has 0 aliphatic rings. The molecule has 0 unspecified atom stereocenters. The van der Waals surface area contributed by atoms with Crippen molar-refractivity contribution in [3.05, 3.63) is 29.8 Å². The van der Waals surface area contributed by atoms with Crippen LogP contribution in [0.1, 0.15) is 25.8 Å². The van der Waals surface area contributed by atoms with Gasteiger partial charge in [0, 0.05) is 12.2 Å². The lowest BCUT2D eigenvalue weighted by atomic mass is 10.2. The predicted molar refractivity (Wildman–Crippen MR) is 72.3 cm³/mol. The fourth-order valence-corrected chi connectivity index (χ4v) is 1.36. The van der Waals surface area contributed by atoms with Gasteiger partial charge < -0.3 is 10.6 Å². The van der Waals surface area contributed by atoms with Gasteiger partial charge in [0.15, 0.2) is 0 Å². The van der Waals surface area contributed by atoms with Crippen LogP contribution in [0.2, 0.25) is 0 Å². The summed E-state index contributed by atoms with van der Waals surface area (Å²) >= 11 is 0. The highest BCUT2D eigenvalue weighted by Crippen LogP contribution is 2.08. The van der Waals surface area contributed by atoms with E-state index >= 15 is 0 Å². The van der Waals surface area contributed by atoms with Gasteiger partial charge in [-0.25, -0.2) is 0 Å². The molecule has 0 bridgehead atoms. The first-order valence-electron chi connectivity index (χ1n) is 6.08. The van der Waals surface area contributed by atoms with Crippen LogP contribution in [0, 0.1) is 17.2 Å². The second-order valence-corrected chi connectivity index (χ2v) is 4.61. The van der Waals surface area contributed by atoms with E-state index in [9.17, 15) is 9.59 Å². The van der Waals surface area contributed by atoms with Gasteiger partial charge in [0.05, 0.1) is 11.6 Å². The third kappa shape index (κ3) is 5.68. The van der Waals surface area contributed by atoms with Crippen molar-refractivity contribution in [3.63, 3.8) is 0 Å². The number of nitrogens with zero attached hydrogens (tertiary/aromatic N) is 1. The standard InChI is InChI=1S/C14H17N3O2/c1-10(2)9-16-13(18)7-14(19)17-12-5-3-11(8-15)4-6-12/h3-6,10H,7,9H2,1-2H3,(H,16,18)(H,17,19). The van der Waals surface area contributed by atoms with Gasteiger partial charge in [-0.15, -0.1) is 0 Å². The van der Waals surface area contributed by atoms with Crippen molar-refractivity contribution in [1.29, 1.82) is 5.26 Å². The minimum Gasteiger partial charge on any atom is -0.355 e. The molecule has 5 nitrogen and oxygen atoms in total. The van der Waals surface area contributed by atoms with Crippen LogP contribution < -0.4 is 10.6 Å². The molecular weight excluding hydrogens is 242 g/mol. The average molecular weight is 259 g/mol. The Morgan fingerprint density at radius 3 is 2.37 bits per heavy atom. The van der Waals surface area contributed by atoms with Gasteiger partial charge in [0.25, 0.3) is 0 Å². The second-order valence-electron chi connectivity index (χ2n) is 4.61. The summed E-state index contributed by atoms with van der Waals surface area (Å²) in [6, 6.07) is 8.46. The van der Waals surface area contributed by atoms with Crippen LogP contribution in [-0.4, -0.2) is 18.4 Å². The molecule has 100 valence electrons. The van der Waals surface area contributed by atoms with E-state index in [1.54, 1.807) is 24.3 Å². The number of benzene rings is 1. The average Bonchev–Trinajstić information content (AvgIpc) is 2.37. The number of carbonyl (C=O) groups is 2. The maximum atomic E-state index is 11.6. The Hall–Kier alpha value is -2.35. The van der Waals surface area contributed by atoms with E-state index in [4.69, 9.17) is 5.26 Å². The Morgan fingerprint density at radius 1 is 1.21 bits per heavy atom. The molecule has 0 fully saturated rings. The van der Waals surface area contributed by atoms with Crippen LogP contribution in [0.25, 0.3) is 0 Å². The van der Waals surface area contributed by atoms with E-state index in [1.165, 1.54) is 0 Å². The third-order valence-electron chi connectivity index (χ3n) is 2.33. The van der Waals surface area contributed by atoms with Crippen molar-refractivity contribution in [2.45, 2.75) is 20.3 Å². The largest absolute Gasteiger partial charge is 0.355 e. The molecule has 1 rings (SSSR count). The molecule has 0 heterocycles. The van der Waals surface area contributed by atoms with Gasteiger partial charge in [-0.3, -0.25) is 9.59 Å². The lowest BCUT2D eigenvalue weighted by Gasteiger charge is -2.08. The van der Waals surface area contributed by atoms with Gasteiger partial charge in [-0.1, -0.05) is 13.8 Å². The topological polar surface area (TPSA) is 82.0 Å². The summed E-state index contributed by atoms with van der Waals surface area (Å²) in [6.45, 7) is 4.52. The number of hydrogen-bond acceptors (Lipinski definition) is 3. The monoisotopic (exact) mass is 259 g/mol. The van der Waals surface area contributed by atoms with Crippen molar-refractivity contribution in [1.82, 2.24) is 5.32 Å². The van der Waals surface area contributed by atoms with Crippen LogP contribution in [-0.2, 0) is 9.59 Å². The molecule has 0 spiro atoms. The fourth-order valence-electron chi connectivity index (χ4n) is 1.36. The van der Waals surface area contributed by atoms with Gasteiger partial charge in [0.1, 0.15) is 6.42 Å². The molecule has 0 atom stereocenters. The van der Waals surface area contributed by atoms with E-state index < -0.39 is 0 Å². The summed E-state index contributed by atoms with van der Waals surface area (Å²) < 4.78 is 0. The van der Waals surface area contributed by atoms with Crippen LogP contribution in [0.15, 0.2) is 24.3 Å². The SMILES string of the molecule is CC(C)CNC(=O)CC(=O)Nc1ccc(C#N)cc1. The van der Waals surface area contributed by atoms with Gasteiger partial charge >= 0.3 is 0 Å². The molecule has 2 N–H and O–H groups in total. The van der Waals surface area contributed by atoms with Crippen LogP contribution in [0.5, 0.6) is 0 Å². The summed E-state index contributed by atoms with van der Waals surface area (Å²) in [5.74, 6) is -0.309. The summed E-state index contributed by atoms with van der Waals surface area (Å²) in [5.41, 5.74) is 1.09. The first-order chi connectivity index (χ1) is 9.01. The lowest BCUT2D eigenvalue weighted by molar-refractivity contribution is -0.126. The summed E-state index contributed by atoms with van der Waals surface area (Å²) in [5, 5.41) is 13.9. The molecule has 2 amide bonds. The highest BCUT2D eigenvalue weighted by Gasteiger charge is 2.09. The Bertz CT molecular complexity index is 486. The van der Waals surface area contributed by atoms with Crippen molar-refractivity contribution >= 4 is 17.5 Å². The molecule has 0 aliphatic heterocycles. The lowest BCUT2D eigenvalue weighted by Crippen LogP contribution is -2.30. The zero-order valence-electron chi connectivity index (χ0n) is 11.1. The highest BCUT2D eigenvalue weighted by molar-refractivity contribution is 6.03. The zero-order chi connectivity index (χ0) is 14.3. The third-order valence-corrected chi connectivity index (χ3v) is 2.33. The van der Waals surface area contributed by atoms with E-state index in [1.807, 2.05) is 19.9 Å². The van der Waals surface area contributed by atoms with Crippen molar-refractivity contribution in [2.24, 2.45) is 5.92 Å². The number of hydrogen-bond donors (Lipinski definition) is 2. The minimum atomic E-state index is -0.369. The van der Waals surface area contributed by atoms with Crippen LogP contribution in [0.3, 0.4) is 0 Å². The molecule has 5 heteroatoms. The number of rotatable bonds is 5. The zero-order valence-corrected chi connectivity index (χ0v) is 11.1. The van der Waals surface area contributed by atoms with Crippen molar-refractivity contribution < 1.29 is 9.59 Å². The van der Waals surface area contributed by atoms with Gasteiger partial charge in [-0.2, -0.15) is 5.26 Å². The van der Waals surface area contributed by atoms with Crippen LogP contribution >= 0.6 is 0 Å². The van der Waals surface area contributed by atoms with E-state index in [0.29, 0.717) is 23.7 Å². The molecule has 0 aromatic heterocycles. The smallest absolute Gasteiger partial charge is 0.233 e. The predicted octanol–water partition coefficient (Wildman–Crippen LogP) is 1.66. The Kier molecular flexibility index (Phi) is 5.55. The number of amides is 2. The molecule has 1 aromatic rings. The normalized spacial score (nSPS) is 9.79. The molecular formula is C14H17N3O2. The molecule has 0 saturated heterocycles. The van der Waals surface area contributed by atoms with E-state index in [-0.39, 0.29) is 18.2 Å². The minimum absolute atomic E-state index is 0.202. The van der Waals surface area contributed by atoms with Crippen LogP contribution in [0.4, 0.5) is 5.69 Å². The number of nitrogens with one attached hydrogen (secondary N) is 2. The second kappa shape index (κ2) is 7.17. The summed E-state index contributed by atoms with van der Waals surface area (Å²) in [6.07, 6.45) is -0.202. The van der Waals surface area contributed by atoms with E-state index in [2.05, 4.69) is 10.6 Å².